The first-order valence-corrected chi connectivity index (χ1v) is 6.79. The van der Waals surface area contributed by atoms with Crippen LogP contribution in [0.25, 0.3) is 0 Å². The molecule has 1 aromatic rings. The Labute approximate surface area is 122 Å². The first-order chi connectivity index (χ1) is 9.49. The van der Waals surface area contributed by atoms with Crippen molar-refractivity contribution in [2.75, 3.05) is 19.7 Å². The Balaban J connectivity index is 2.12. The summed E-state index contributed by atoms with van der Waals surface area (Å²) in [5.41, 5.74) is 0.746. The summed E-state index contributed by atoms with van der Waals surface area (Å²) in [6.45, 7) is 3.69. The first kappa shape index (κ1) is 15.2. The van der Waals surface area contributed by atoms with Crippen LogP contribution in [-0.2, 0) is 11.3 Å². The maximum Gasteiger partial charge on any atom is 0.269 e. The molecule has 0 spiro atoms. The van der Waals surface area contributed by atoms with Crippen LogP contribution in [0.1, 0.15) is 12.5 Å². The van der Waals surface area contributed by atoms with E-state index in [0.29, 0.717) is 30.2 Å². The molecule has 0 radical (unpaired) electrons. The average molecular weight is 301 g/mol. The molecular formula is C13H17ClN2O4. The second kappa shape index (κ2) is 6.49. The molecule has 0 saturated carbocycles. The predicted molar refractivity (Wildman–Crippen MR) is 74.8 cm³/mol. The molecule has 7 heteroatoms. The summed E-state index contributed by atoms with van der Waals surface area (Å²) in [6, 6.07) is 4.43. The van der Waals surface area contributed by atoms with Gasteiger partial charge in [0.15, 0.2) is 0 Å². The molecular weight excluding hydrogens is 284 g/mol. The van der Waals surface area contributed by atoms with Gasteiger partial charge in [-0.15, -0.1) is 0 Å². The quantitative estimate of drug-likeness (QED) is 0.678. The second-order valence-electron chi connectivity index (χ2n) is 4.98. The molecule has 2 unspecified atom stereocenters. The molecule has 110 valence electrons. The second-order valence-corrected chi connectivity index (χ2v) is 5.39. The Kier molecular flexibility index (Phi) is 4.93. The largest absolute Gasteiger partial charge is 0.394 e. The van der Waals surface area contributed by atoms with E-state index in [2.05, 4.69) is 4.90 Å². The van der Waals surface area contributed by atoms with E-state index in [1.807, 2.05) is 6.92 Å². The Bertz CT molecular complexity index is 497. The Morgan fingerprint density at radius 2 is 2.30 bits per heavy atom. The zero-order valence-electron chi connectivity index (χ0n) is 11.2. The van der Waals surface area contributed by atoms with E-state index < -0.39 is 4.92 Å². The minimum atomic E-state index is -0.432. The standard InChI is InChI=1S/C13H17ClN2O4/c1-9-5-15(7-12(8-17)20-9)6-10-4-11(16(18)19)2-3-13(10)14/h2-4,9,12,17H,5-8H2,1H3. The van der Waals surface area contributed by atoms with E-state index in [4.69, 9.17) is 16.3 Å². The summed E-state index contributed by atoms with van der Waals surface area (Å²) in [5, 5.41) is 20.5. The highest BCUT2D eigenvalue weighted by Crippen LogP contribution is 2.24. The fourth-order valence-electron chi connectivity index (χ4n) is 2.41. The monoisotopic (exact) mass is 300 g/mol. The summed E-state index contributed by atoms with van der Waals surface area (Å²) in [5.74, 6) is 0. The van der Waals surface area contributed by atoms with Crippen LogP contribution >= 0.6 is 11.6 Å². The Hall–Kier alpha value is -1.21. The van der Waals surface area contributed by atoms with E-state index in [-0.39, 0.29) is 24.5 Å². The molecule has 1 fully saturated rings. The van der Waals surface area contributed by atoms with Gasteiger partial charge in [-0.1, -0.05) is 11.6 Å². The van der Waals surface area contributed by atoms with Crippen molar-refractivity contribution in [2.45, 2.75) is 25.7 Å². The van der Waals surface area contributed by atoms with Gasteiger partial charge in [0.1, 0.15) is 0 Å². The number of rotatable bonds is 4. The highest BCUT2D eigenvalue weighted by atomic mass is 35.5. The number of aliphatic hydroxyl groups excluding tert-OH is 1. The third-order valence-corrected chi connectivity index (χ3v) is 3.61. The van der Waals surface area contributed by atoms with Gasteiger partial charge in [-0.05, 0) is 18.6 Å². The Morgan fingerprint density at radius 3 is 2.95 bits per heavy atom. The van der Waals surface area contributed by atoms with Crippen LogP contribution in [-0.4, -0.2) is 46.8 Å². The smallest absolute Gasteiger partial charge is 0.269 e. The summed E-state index contributed by atoms with van der Waals surface area (Å²) < 4.78 is 5.56. The third kappa shape index (κ3) is 3.67. The molecule has 2 atom stereocenters. The van der Waals surface area contributed by atoms with Crippen LogP contribution in [0.3, 0.4) is 0 Å². The van der Waals surface area contributed by atoms with E-state index in [1.54, 1.807) is 6.07 Å². The molecule has 0 bridgehead atoms. The van der Waals surface area contributed by atoms with Gasteiger partial charge in [-0.3, -0.25) is 15.0 Å². The molecule has 1 aliphatic heterocycles. The van der Waals surface area contributed by atoms with Crippen molar-refractivity contribution in [3.63, 3.8) is 0 Å². The highest BCUT2D eigenvalue weighted by Gasteiger charge is 2.25. The van der Waals surface area contributed by atoms with Crippen molar-refractivity contribution >= 4 is 17.3 Å². The lowest BCUT2D eigenvalue weighted by Crippen LogP contribution is -2.47. The van der Waals surface area contributed by atoms with Crippen molar-refractivity contribution in [2.24, 2.45) is 0 Å². The lowest BCUT2D eigenvalue weighted by molar-refractivity contribution is -0.384. The lowest BCUT2D eigenvalue weighted by atomic mass is 10.1. The van der Waals surface area contributed by atoms with Crippen molar-refractivity contribution in [3.05, 3.63) is 38.9 Å². The number of morpholine rings is 1. The lowest BCUT2D eigenvalue weighted by Gasteiger charge is -2.36. The van der Waals surface area contributed by atoms with Crippen molar-refractivity contribution < 1.29 is 14.8 Å². The van der Waals surface area contributed by atoms with Crippen molar-refractivity contribution in [1.82, 2.24) is 4.90 Å². The van der Waals surface area contributed by atoms with Crippen molar-refractivity contribution in [1.29, 1.82) is 0 Å². The molecule has 20 heavy (non-hydrogen) atoms. The van der Waals surface area contributed by atoms with Gasteiger partial charge in [0.25, 0.3) is 5.69 Å². The van der Waals surface area contributed by atoms with Gasteiger partial charge in [0.05, 0.1) is 23.7 Å². The van der Waals surface area contributed by atoms with Crippen LogP contribution < -0.4 is 0 Å². The molecule has 1 N–H and O–H groups in total. The number of halogens is 1. The summed E-state index contributed by atoms with van der Waals surface area (Å²) >= 11 is 6.10. The van der Waals surface area contributed by atoms with Gasteiger partial charge < -0.3 is 9.84 Å². The molecule has 1 heterocycles. The summed E-state index contributed by atoms with van der Waals surface area (Å²) in [7, 11) is 0. The number of benzene rings is 1. The van der Waals surface area contributed by atoms with E-state index in [1.165, 1.54) is 12.1 Å². The Morgan fingerprint density at radius 1 is 1.55 bits per heavy atom. The normalized spacial score (nSPS) is 23.8. The molecule has 0 aliphatic carbocycles. The minimum absolute atomic E-state index is 0.0124. The number of hydrogen-bond acceptors (Lipinski definition) is 5. The van der Waals surface area contributed by atoms with E-state index in [0.717, 1.165) is 0 Å². The van der Waals surface area contributed by atoms with Crippen LogP contribution in [0.4, 0.5) is 5.69 Å². The average Bonchev–Trinajstić information content (AvgIpc) is 2.40. The zero-order chi connectivity index (χ0) is 14.7. The molecule has 0 aromatic heterocycles. The summed E-state index contributed by atoms with van der Waals surface area (Å²) in [6.07, 6.45) is -0.213. The van der Waals surface area contributed by atoms with Crippen molar-refractivity contribution in [3.8, 4) is 0 Å². The van der Waals surface area contributed by atoms with Gasteiger partial charge in [-0.25, -0.2) is 0 Å². The number of nitro benzene ring substituents is 1. The maximum atomic E-state index is 10.8. The van der Waals surface area contributed by atoms with E-state index in [9.17, 15) is 15.2 Å². The number of non-ortho nitro benzene ring substituents is 1. The van der Waals surface area contributed by atoms with Crippen LogP contribution in [0.15, 0.2) is 18.2 Å². The van der Waals surface area contributed by atoms with Gasteiger partial charge in [0, 0.05) is 36.8 Å². The number of nitrogens with zero attached hydrogens (tertiary/aromatic N) is 2. The van der Waals surface area contributed by atoms with E-state index >= 15 is 0 Å². The summed E-state index contributed by atoms with van der Waals surface area (Å²) in [4.78, 5) is 12.5. The van der Waals surface area contributed by atoms with Crippen LogP contribution in [0.2, 0.25) is 5.02 Å². The fraction of sp³-hybridized carbons (Fsp3) is 0.538. The van der Waals surface area contributed by atoms with Crippen LogP contribution in [0, 0.1) is 10.1 Å². The number of ether oxygens (including phenoxy) is 1. The maximum absolute atomic E-state index is 10.8. The predicted octanol–water partition coefficient (Wildman–Crippen LogP) is 1.83. The number of nitro groups is 1. The zero-order valence-corrected chi connectivity index (χ0v) is 11.9. The third-order valence-electron chi connectivity index (χ3n) is 3.24. The highest BCUT2D eigenvalue weighted by molar-refractivity contribution is 6.31. The number of hydrogen-bond donors (Lipinski definition) is 1. The van der Waals surface area contributed by atoms with Gasteiger partial charge in [-0.2, -0.15) is 0 Å². The number of aliphatic hydroxyl groups is 1. The molecule has 1 aliphatic rings. The molecule has 2 rings (SSSR count). The van der Waals surface area contributed by atoms with Gasteiger partial charge in [0.2, 0.25) is 0 Å². The molecule has 0 amide bonds. The first-order valence-electron chi connectivity index (χ1n) is 6.41. The molecule has 1 aromatic carbocycles. The molecule has 1 saturated heterocycles. The topological polar surface area (TPSA) is 75.8 Å². The van der Waals surface area contributed by atoms with Gasteiger partial charge >= 0.3 is 0 Å². The molecule has 6 nitrogen and oxygen atoms in total. The SMILES string of the molecule is CC1CN(Cc2cc([N+](=O)[O-])ccc2Cl)CC(CO)O1. The van der Waals surface area contributed by atoms with Crippen LogP contribution in [0.5, 0.6) is 0 Å². The fourth-order valence-corrected chi connectivity index (χ4v) is 2.58. The minimum Gasteiger partial charge on any atom is -0.394 e.